The molecule has 0 unspecified atom stereocenters. The van der Waals surface area contributed by atoms with E-state index in [2.05, 4.69) is 26.0 Å². The number of rotatable bonds is 4. The second kappa shape index (κ2) is 4.93. The standard InChI is InChI=1S/C15H16N6/c16-5-11-6-18-21(7-11)14-9-20(10-14)8-13-3-4-17-15(19-13)12-1-2-12/h3-4,6-7,12,14H,1-2,8-10H2. The van der Waals surface area contributed by atoms with Gasteiger partial charge in [-0.1, -0.05) is 0 Å². The fourth-order valence-electron chi connectivity index (χ4n) is 2.70. The molecule has 0 spiro atoms. The molecule has 1 aliphatic carbocycles. The Kier molecular flexibility index (Phi) is 2.93. The molecule has 2 fully saturated rings. The Balaban J connectivity index is 1.35. The third-order valence-electron chi connectivity index (χ3n) is 4.10. The van der Waals surface area contributed by atoms with Crippen LogP contribution >= 0.6 is 0 Å². The van der Waals surface area contributed by atoms with Gasteiger partial charge in [-0.05, 0) is 18.9 Å². The second-order valence-corrected chi connectivity index (χ2v) is 5.85. The zero-order chi connectivity index (χ0) is 14.2. The molecule has 3 heterocycles. The molecule has 4 rings (SSSR count). The van der Waals surface area contributed by atoms with E-state index in [1.807, 2.05) is 23.1 Å². The maximum absolute atomic E-state index is 8.82. The number of aromatic nitrogens is 4. The van der Waals surface area contributed by atoms with Crippen molar-refractivity contribution in [2.24, 2.45) is 0 Å². The highest BCUT2D eigenvalue weighted by molar-refractivity contribution is 5.22. The monoisotopic (exact) mass is 280 g/mol. The first-order valence-corrected chi connectivity index (χ1v) is 7.30. The SMILES string of the molecule is N#Cc1cnn(C2CN(Cc3ccnc(C4CC4)n3)C2)c1. The summed E-state index contributed by atoms with van der Waals surface area (Å²) < 4.78 is 1.89. The minimum absolute atomic E-state index is 0.372. The molecule has 21 heavy (non-hydrogen) atoms. The van der Waals surface area contributed by atoms with Crippen molar-refractivity contribution >= 4 is 0 Å². The van der Waals surface area contributed by atoms with Crippen molar-refractivity contribution in [1.82, 2.24) is 24.6 Å². The van der Waals surface area contributed by atoms with E-state index >= 15 is 0 Å². The molecule has 1 aliphatic heterocycles. The Bertz CT molecular complexity index is 690. The second-order valence-electron chi connectivity index (χ2n) is 5.85. The summed E-state index contributed by atoms with van der Waals surface area (Å²) in [6.07, 6.45) is 7.78. The molecular weight excluding hydrogens is 264 g/mol. The molecule has 2 aromatic rings. The Morgan fingerprint density at radius 3 is 2.90 bits per heavy atom. The first-order chi connectivity index (χ1) is 10.3. The molecule has 2 aliphatic rings. The van der Waals surface area contributed by atoms with Crippen LogP contribution in [0.5, 0.6) is 0 Å². The van der Waals surface area contributed by atoms with Crippen molar-refractivity contribution in [3.05, 3.63) is 41.7 Å². The number of nitriles is 1. The quantitative estimate of drug-likeness (QED) is 0.848. The molecule has 6 heteroatoms. The van der Waals surface area contributed by atoms with Crippen molar-refractivity contribution in [3.8, 4) is 6.07 Å². The van der Waals surface area contributed by atoms with Crippen LogP contribution in [0.2, 0.25) is 0 Å². The number of nitrogens with zero attached hydrogens (tertiary/aromatic N) is 6. The molecule has 0 radical (unpaired) electrons. The molecule has 0 N–H and O–H groups in total. The lowest BCUT2D eigenvalue weighted by atomic mass is 10.1. The van der Waals surface area contributed by atoms with Gasteiger partial charge in [0.05, 0.1) is 23.5 Å². The van der Waals surface area contributed by atoms with Crippen LogP contribution in [-0.4, -0.2) is 37.7 Å². The van der Waals surface area contributed by atoms with Gasteiger partial charge in [0.2, 0.25) is 0 Å². The van der Waals surface area contributed by atoms with Gasteiger partial charge in [0.15, 0.2) is 0 Å². The summed E-state index contributed by atoms with van der Waals surface area (Å²) >= 11 is 0. The normalized spacial score (nSPS) is 19.2. The fourth-order valence-corrected chi connectivity index (χ4v) is 2.70. The molecule has 106 valence electrons. The Labute approximate surface area is 123 Å². The third kappa shape index (κ3) is 2.52. The smallest absolute Gasteiger partial charge is 0.131 e. The summed E-state index contributed by atoms with van der Waals surface area (Å²) in [4.78, 5) is 11.4. The topological polar surface area (TPSA) is 70.6 Å². The Morgan fingerprint density at radius 2 is 2.19 bits per heavy atom. The van der Waals surface area contributed by atoms with Crippen LogP contribution in [-0.2, 0) is 6.54 Å². The molecule has 0 amide bonds. The van der Waals surface area contributed by atoms with Crippen LogP contribution in [0.4, 0.5) is 0 Å². The summed E-state index contributed by atoms with van der Waals surface area (Å²) in [6, 6.07) is 4.48. The van der Waals surface area contributed by atoms with Crippen molar-refractivity contribution in [3.63, 3.8) is 0 Å². The van der Waals surface area contributed by atoms with E-state index in [1.54, 1.807) is 6.20 Å². The zero-order valence-corrected chi connectivity index (χ0v) is 11.7. The van der Waals surface area contributed by atoms with Crippen molar-refractivity contribution < 1.29 is 0 Å². The van der Waals surface area contributed by atoms with E-state index in [9.17, 15) is 0 Å². The van der Waals surface area contributed by atoms with Gasteiger partial charge in [-0.25, -0.2) is 9.97 Å². The lowest BCUT2D eigenvalue weighted by Gasteiger charge is -2.38. The first kappa shape index (κ1) is 12.5. The lowest BCUT2D eigenvalue weighted by molar-refractivity contribution is 0.0894. The highest BCUT2D eigenvalue weighted by atomic mass is 15.4. The van der Waals surface area contributed by atoms with Crippen molar-refractivity contribution in [2.45, 2.75) is 31.3 Å². The van der Waals surface area contributed by atoms with E-state index < -0.39 is 0 Å². The highest BCUT2D eigenvalue weighted by Gasteiger charge is 2.30. The van der Waals surface area contributed by atoms with Gasteiger partial charge in [0.1, 0.15) is 11.9 Å². The van der Waals surface area contributed by atoms with Gasteiger partial charge in [-0.2, -0.15) is 10.4 Å². The van der Waals surface area contributed by atoms with E-state index in [0.717, 1.165) is 31.2 Å². The van der Waals surface area contributed by atoms with Gasteiger partial charge in [0.25, 0.3) is 0 Å². The zero-order valence-electron chi connectivity index (χ0n) is 11.7. The van der Waals surface area contributed by atoms with E-state index in [4.69, 9.17) is 5.26 Å². The Morgan fingerprint density at radius 1 is 1.33 bits per heavy atom. The average molecular weight is 280 g/mol. The summed E-state index contributed by atoms with van der Waals surface area (Å²) in [5.41, 5.74) is 1.72. The lowest BCUT2D eigenvalue weighted by Crippen LogP contribution is -2.47. The largest absolute Gasteiger partial charge is 0.293 e. The molecule has 1 saturated carbocycles. The minimum atomic E-state index is 0.372. The highest BCUT2D eigenvalue weighted by Crippen LogP contribution is 2.37. The first-order valence-electron chi connectivity index (χ1n) is 7.30. The summed E-state index contributed by atoms with van der Waals surface area (Å²) in [5.74, 6) is 1.61. The molecule has 0 atom stereocenters. The fraction of sp³-hybridized carbons (Fsp3) is 0.467. The molecule has 6 nitrogen and oxygen atoms in total. The van der Waals surface area contributed by atoms with Gasteiger partial charge in [-0.15, -0.1) is 0 Å². The Hall–Kier alpha value is -2.26. The molecule has 0 aromatic carbocycles. The average Bonchev–Trinajstić information content (AvgIpc) is 3.21. The minimum Gasteiger partial charge on any atom is -0.293 e. The van der Waals surface area contributed by atoms with Crippen LogP contribution in [0.1, 0.15) is 41.9 Å². The van der Waals surface area contributed by atoms with E-state index in [-0.39, 0.29) is 0 Å². The van der Waals surface area contributed by atoms with Crippen molar-refractivity contribution in [2.75, 3.05) is 13.1 Å². The van der Waals surface area contributed by atoms with Gasteiger partial charge < -0.3 is 0 Å². The predicted molar refractivity (Wildman–Crippen MR) is 75.3 cm³/mol. The molecule has 0 bridgehead atoms. The number of hydrogen-bond acceptors (Lipinski definition) is 5. The van der Waals surface area contributed by atoms with Gasteiger partial charge >= 0.3 is 0 Å². The molecule has 2 aromatic heterocycles. The van der Waals surface area contributed by atoms with Gasteiger partial charge in [-0.3, -0.25) is 9.58 Å². The maximum Gasteiger partial charge on any atom is 0.131 e. The predicted octanol–water partition coefficient (Wildman–Crippen LogP) is 1.48. The summed E-state index contributed by atoms with van der Waals surface area (Å²) in [5, 5.41) is 13.1. The summed E-state index contributed by atoms with van der Waals surface area (Å²) in [6.45, 7) is 2.77. The van der Waals surface area contributed by atoms with Crippen LogP contribution in [0.15, 0.2) is 24.7 Å². The number of hydrogen-bond donors (Lipinski definition) is 0. The molecular formula is C15H16N6. The molecule has 1 saturated heterocycles. The third-order valence-corrected chi connectivity index (χ3v) is 4.10. The maximum atomic E-state index is 8.82. The summed E-state index contributed by atoms with van der Waals surface area (Å²) in [7, 11) is 0. The van der Waals surface area contributed by atoms with Crippen LogP contribution < -0.4 is 0 Å². The van der Waals surface area contributed by atoms with Crippen molar-refractivity contribution in [1.29, 1.82) is 5.26 Å². The number of likely N-dealkylation sites (tertiary alicyclic amines) is 1. The van der Waals surface area contributed by atoms with Crippen LogP contribution in [0.25, 0.3) is 0 Å². The van der Waals surface area contributed by atoms with Crippen LogP contribution in [0, 0.1) is 11.3 Å². The van der Waals surface area contributed by atoms with E-state index in [0.29, 0.717) is 17.5 Å². The van der Waals surface area contributed by atoms with E-state index in [1.165, 1.54) is 12.8 Å². The van der Waals surface area contributed by atoms with Crippen LogP contribution in [0.3, 0.4) is 0 Å². The van der Waals surface area contributed by atoms with Gasteiger partial charge in [0, 0.05) is 37.9 Å².